The highest BCUT2D eigenvalue weighted by Gasteiger charge is 2.21. The van der Waals surface area contributed by atoms with Gasteiger partial charge in [0.25, 0.3) is 0 Å². The van der Waals surface area contributed by atoms with Crippen LogP contribution in [0.15, 0.2) is 34.1 Å². The Hall–Kier alpha value is -0.840. The minimum atomic E-state index is 0.766. The predicted molar refractivity (Wildman–Crippen MR) is 93.1 cm³/mol. The van der Waals surface area contributed by atoms with E-state index in [4.69, 9.17) is 0 Å². The Morgan fingerprint density at radius 1 is 1.29 bits per heavy atom. The van der Waals surface area contributed by atoms with Crippen LogP contribution in [0, 0.1) is 0 Å². The van der Waals surface area contributed by atoms with Crippen LogP contribution < -0.4 is 10.2 Å². The molecule has 1 N–H and O–H groups in total. The first-order valence-corrected chi connectivity index (χ1v) is 9.29. The van der Waals surface area contributed by atoms with Gasteiger partial charge in [-0.3, -0.25) is 0 Å². The molecule has 0 spiro atoms. The first-order chi connectivity index (χ1) is 10.3. The molecule has 1 aliphatic heterocycles. The van der Waals surface area contributed by atoms with Gasteiger partial charge in [0.05, 0.1) is 5.69 Å². The molecule has 0 bridgehead atoms. The Morgan fingerprint density at radius 2 is 2.19 bits per heavy atom. The molecule has 2 heterocycles. The van der Waals surface area contributed by atoms with Gasteiger partial charge < -0.3 is 10.2 Å². The van der Waals surface area contributed by atoms with Gasteiger partial charge in [-0.15, -0.1) is 11.3 Å². The molecule has 2 aliphatic rings. The van der Waals surface area contributed by atoms with E-state index in [0.29, 0.717) is 0 Å². The largest absolute Gasteiger partial charge is 0.366 e. The van der Waals surface area contributed by atoms with Crippen LogP contribution >= 0.6 is 27.3 Å². The lowest BCUT2D eigenvalue weighted by Crippen LogP contribution is -2.29. The highest BCUT2D eigenvalue weighted by molar-refractivity contribution is 9.10. The van der Waals surface area contributed by atoms with E-state index in [0.717, 1.165) is 25.7 Å². The van der Waals surface area contributed by atoms with Gasteiger partial charge in [-0.2, -0.15) is 0 Å². The summed E-state index contributed by atoms with van der Waals surface area (Å²) >= 11 is 5.67. The van der Waals surface area contributed by atoms with Crippen LogP contribution in [-0.2, 0) is 19.5 Å². The molecule has 4 heteroatoms. The zero-order valence-electron chi connectivity index (χ0n) is 11.9. The zero-order chi connectivity index (χ0) is 14.2. The minimum absolute atomic E-state index is 0.766. The zero-order valence-corrected chi connectivity index (χ0v) is 14.3. The van der Waals surface area contributed by atoms with Gasteiger partial charge >= 0.3 is 0 Å². The molecule has 0 saturated heterocycles. The lowest BCUT2D eigenvalue weighted by Gasteiger charge is -2.30. The molecule has 1 fully saturated rings. The summed E-state index contributed by atoms with van der Waals surface area (Å²) in [4.78, 5) is 4.05. The third-order valence-corrected chi connectivity index (χ3v) is 5.99. The first kappa shape index (κ1) is 13.8. The van der Waals surface area contributed by atoms with Gasteiger partial charge in [0.2, 0.25) is 0 Å². The van der Waals surface area contributed by atoms with Crippen LogP contribution in [0.2, 0.25) is 0 Å². The van der Waals surface area contributed by atoms with E-state index in [1.807, 2.05) is 11.3 Å². The van der Waals surface area contributed by atoms with Gasteiger partial charge in [0.15, 0.2) is 0 Å². The predicted octanol–water partition coefficient (Wildman–Crippen LogP) is 4.33. The monoisotopic (exact) mass is 362 g/mol. The molecule has 0 amide bonds. The van der Waals surface area contributed by atoms with E-state index in [1.54, 1.807) is 4.88 Å². The smallest absolute Gasteiger partial charge is 0.0513 e. The number of nitrogens with zero attached hydrogens (tertiary/aromatic N) is 1. The van der Waals surface area contributed by atoms with Gasteiger partial charge in [-0.05, 0) is 69.9 Å². The number of fused-ring (bicyclic) bond motifs is 1. The molecule has 0 radical (unpaired) electrons. The molecule has 1 aliphatic carbocycles. The molecule has 4 rings (SSSR count). The van der Waals surface area contributed by atoms with Crippen molar-refractivity contribution in [2.75, 3.05) is 11.4 Å². The topological polar surface area (TPSA) is 15.3 Å². The number of rotatable bonds is 4. The lowest BCUT2D eigenvalue weighted by molar-refractivity contribution is 0.687. The van der Waals surface area contributed by atoms with Crippen LogP contribution in [0.25, 0.3) is 0 Å². The Kier molecular flexibility index (Phi) is 3.78. The van der Waals surface area contributed by atoms with Crippen molar-refractivity contribution in [3.05, 3.63) is 50.1 Å². The average molecular weight is 363 g/mol. The van der Waals surface area contributed by atoms with Gasteiger partial charge in [-0.25, -0.2) is 0 Å². The molecule has 110 valence electrons. The standard InChI is InChI=1S/C17H19BrN2S/c18-15-9-12(10-19-14-2-3-14)1-4-16(15)20-7-5-17-13(11-20)6-8-21-17/h1,4,6,8-9,14,19H,2-3,5,7,10-11H2. The summed E-state index contributed by atoms with van der Waals surface area (Å²) in [6.45, 7) is 3.14. The van der Waals surface area contributed by atoms with Crippen LogP contribution in [0.3, 0.4) is 0 Å². The van der Waals surface area contributed by atoms with Crippen molar-refractivity contribution in [1.82, 2.24) is 5.32 Å². The Balaban J connectivity index is 1.49. The van der Waals surface area contributed by atoms with Gasteiger partial charge in [0, 0.05) is 35.0 Å². The van der Waals surface area contributed by atoms with Crippen LogP contribution in [0.5, 0.6) is 0 Å². The fraction of sp³-hybridized carbons (Fsp3) is 0.412. The Morgan fingerprint density at radius 3 is 3.00 bits per heavy atom. The minimum Gasteiger partial charge on any atom is -0.366 e. The maximum atomic E-state index is 3.77. The summed E-state index contributed by atoms with van der Waals surface area (Å²) in [6.07, 6.45) is 3.86. The third kappa shape index (κ3) is 3.03. The second kappa shape index (κ2) is 5.75. The number of hydrogen-bond acceptors (Lipinski definition) is 3. The van der Waals surface area contributed by atoms with Crippen molar-refractivity contribution in [2.45, 2.75) is 38.4 Å². The van der Waals surface area contributed by atoms with E-state index in [9.17, 15) is 0 Å². The molecule has 2 aromatic rings. The summed E-state index contributed by atoms with van der Waals surface area (Å²) < 4.78 is 1.22. The first-order valence-electron chi connectivity index (χ1n) is 7.61. The highest BCUT2D eigenvalue weighted by atomic mass is 79.9. The highest BCUT2D eigenvalue weighted by Crippen LogP contribution is 2.33. The summed E-state index contributed by atoms with van der Waals surface area (Å²) in [5.41, 5.74) is 4.19. The Bertz CT molecular complexity index is 648. The van der Waals surface area contributed by atoms with Crippen LogP contribution in [0.4, 0.5) is 5.69 Å². The number of anilines is 1. The van der Waals surface area contributed by atoms with Crippen molar-refractivity contribution in [3.8, 4) is 0 Å². The normalized spacial score (nSPS) is 17.9. The molecule has 1 aromatic carbocycles. The third-order valence-electron chi connectivity index (χ3n) is 4.33. The molecule has 1 aromatic heterocycles. The van der Waals surface area contributed by atoms with E-state index >= 15 is 0 Å². The second-order valence-electron chi connectivity index (χ2n) is 5.98. The van der Waals surface area contributed by atoms with E-state index < -0.39 is 0 Å². The molecule has 2 nitrogen and oxygen atoms in total. The maximum Gasteiger partial charge on any atom is 0.0513 e. The molecular formula is C17H19BrN2S. The molecule has 1 saturated carbocycles. The van der Waals surface area contributed by atoms with Gasteiger partial charge in [-0.1, -0.05) is 6.07 Å². The van der Waals surface area contributed by atoms with Crippen molar-refractivity contribution in [1.29, 1.82) is 0 Å². The molecule has 0 atom stereocenters. The van der Waals surface area contributed by atoms with Crippen LogP contribution in [0.1, 0.15) is 28.8 Å². The van der Waals surface area contributed by atoms with Crippen molar-refractivity contribution in [2.24, 2.45) is 0 Å². The number of halogens is 1. The number of nitrogens with one attached hydrogen (secondary N) is 1. The van der Waals surface area contributed by atoms with Crippen molar-refractivity contribution >= 4 is 33.0 Å². The fourth-order valence-corrected chi connectivity index (χ4v) is 4.49. The Labute approximate surface area is 138 Å². The summed E-state index contributed by atoms with van der Waals surface area (Å²) in [5.74, 6) is 0. The van der Waals surface area contributed by atoms with E-state index in [1.165, 1.54) is 40.5 Å². The summed E-state index contributed by atoms with van der Waals surface area (Å²) in [7, 11) is 0. The SMILES string of the molecule is Brc1cc(CNC2CC2)ccc1N1CCc2sccc2C1. The van der Waals surface area contributed by atoms with Crippen molar-refractivity contribution < 1.29 is 0 Å². The molecule has 21 heavy (non-hydrogen) atoms. The van der Waals surface area contributed by atoms with E-state index in [2.05, 4.69) is 55.8 Å². The number of benzene rings is 1. The maximum absolute atomic E-state index is 3.77. The summed E-state index contributed by atoms with van der Waals surface area (Å²) in [5, 5.41) is 5.79. The van der Waals surface area contributed by atoms with Gasteiger partial charge in [0.1, 0.15) is 0 Å². The molecular weight excluding hydrogens is 344 g/mol. The fourth-order valence-electron chi connectivity index (χ4n) is 2.92. The summed E-state index contributed by atoms with van der Waals surface area (Å²) in [6, 6.07) is 9.84. The second-order valence-corrected chi connectivity index (χ2v) is 7.84. The lowest BCUT2D eigenvalue weighted by atomic mass is 10.1. The molecule has 0 unspecified atom stereocenters. The number of thiophene rings is 1. The quantitative estimate of drug-likeness (QED) is 0.870. The average Bonchev–Trinajstić information content (AvgIpc) is 3.21. The van der Waals surface area contributed by atoms with Crippen molar-refractivity contribution in [3.63, 3.8) is 0 Å². The number of hydrogen-bond donors (Lipinski definition) is 1. The van der Waals surface area contributed by atoms with Crippen LogP contribution in [-0.4, -0.2) is 12.6 Å². The van der Waals surface area contributed by atoms with E-state index in [-0.39, 0.29) is 0 Å².